The fraction of sp³-hybridized carbons (Fsp3) is 0.385. The third kappa shape index (κ3) is 3.67. The number of carbonyl (C=O) groups excluding carboxylic acids is 2. The van der Waals surface area contributed by atoms with Crippen molar-refractivity contribution in [2.45, 2.75) is 25.3 Å². The van der Waals surface area contributed by atoms with Gasteiger partial charge in [0.2, 0.25) is 5.91 Å². The van der Waals surface area contributed by atoms with Crippen LogP contribution in [0.4, 0.5) is 4.39 Å². The van der Waals surface area contributed by atoms with Crippen LogP contribution in [0.3, 0.4) is 0 Å². The molecule has 2 amide bonds. The summed E-state index contributed by atoms with van der Waals surface area (Å²) in [6.07, 6.45) is 1.65. The molecular weight excluding hydrogens is 271 g/mol. The highest BCUT2D eigenvalue weighted by Crippen LogP contribution is 2.16. The Morgan fingerprint density at radius 1 is 1.42 bits per heavy atom. The van der Waals surface area contributed by atoms with Crippen molar-refractivity contribution in [2.24, 2.45) is 0 Å². The summed E-state index contributed by atoms with van der Waals surface area (Å²) in [4.78, 5) is 23.1. The number of nitrogens with one attached hydrogen (secondary N) is 2. The van der Waals surface area contributed by atoms with Gasteiger partial charge in [0.15, 0.2) is 0 Å². The molecule has 0 saturated carbocycles. The predicted octanol–water partition coefficient (Wildman–Crippen LogP) is 1.88. The molecule has 1 aliphatic heterocycles. The average molecular weight is 285 g/mol. The molecule has 1 fully saturated rings. The largest absolute Gasteiger partial charge is 0.356 e. The van der Waals surface area contributed by atoms with E-state index in [0.29, 0.717) is 25.8 Å². The molecule has 102 valence electrons. The van der Waals surface area contributed by atoms with E-state index in [-0.39, 0.29) is 28.4 Å². The summed E-state index contributed by atoms with van der Waals surface area (Å²) in [7, 11) is 0. The molecule has 1 heterocycles. The van der Waals surface area contributed by atoms with Gasteiger partial charge in [0.1, 0.15) is 5.82 Å². The molecule has 6 heteroatoms. The summed E-state index contributed by atoms with van der Waals surface area (Å²) < 4.78 is 13.3. The fourth-order valence-corrected chi connectivity index (χ4v) is 2.09. The molecule has 0 aromatic heterocycles. The van der Waals surface area contributed by atoms with E-state index in [4.69, 9.17) is 11.6 Å². The van der Waals surface area contributed by atoms with Crippen molar-refractivity contribution in [3.05, 3.63) is 34.6 Å². The third-order valence-electron chi connectivity index (χ3n) is 3.05. The molecule has 1 aromatic carbocycles. The lowest BCUT2D eigenvalue weighted by Crippen LogP contribution is -2.35. The minimum atomic E-state index is -0.618. The Morgan fingerprint density at radius 2 is 2.21 bits per heavy atom. The van der Waals surface area contributed by atoms with Crippen molar-refractivity contribution in [1.29, 1.82) is 0 Å². The summed E-state index contributed by atoms with van der Waals surface area (Å²) in [5.41, 5.74) is 0.227. The van der Waals surface area contributed by atoms with Crippen molar-refractivity contribution >= 4 is 23.4 Å². The molecular formula is C13H14ClFN2O2. The zero-order valence-corrected chi connectivity index (χ0v) is 11.0. The molecule has 4 nitrogen and oxygen atoms in total. The van der Waals surface area contributed by atoms with E-state index in [1.54, 1.807) is 0 Å². The minimum absolute atomic E-state index is 0.00529. The number of halogens is 2. The molecule has 0 spiro atoms. The second kappa shape index (κ2) is 6.02. The van der Waals surface area contributed by atoms with E-state index in [0.717, 1.165) is 6.07 Å². The Hall–Kier alpha value is -1.62. The molecule has 1 aliphatic rings. The van der Waals surface area contributed by atoms with Crippen LogP contribution in [-0.4, -0.2) is 24.4 Å². The lowest BCUT2D eigenvalue weighted by atomic mass is 10.1. The van der Waals surface area contributed by atoms with E-state index < -0.39 is 5.82 Å². The van der Waals surface area contributed by atoms with Crippen LogP contribution in [0, 0.1) is 5.82 Å². The highest BCUT2D eigenvalue weighted by molar-refractivity contribution is 6.30. The van der Waals surface area contributed by atoms with Crippen molar-refractivity contribution in [3.63, 3.8) is 0 Å². The first-order chi connectivity index (χ1) is 9.06. The van der Waals surface area contributed by atoms with Gasteiger partial charge in [0.25, 0.3) is 5.91 Å². The minimum Gasteiger partial charge on any atom is -0.356 e. The highest BCUT2D eigenvalue weighted by Gasteiger charge is 2.18. The number of hydrogen-bond acceptors (Lipinski definition) is 2. The van der Waals surface area contributed by atoms with Crippen LogP contribution in [0.5, 0.6) is 0 Å². The summed E-state index contributed by atoms with van der Waals surface area (Å²) in [5, 5.41) is 5.52. The number of amides is 2. The van der Waals surface area contributed by atoms with Gasteiger partial charge in [-0.25, -0.2) is 4.39 Å². The van der Waals surface area contributed by atoms with Gasteiger partial charge in [0, 0.05) is 24.6 Å². The van der Waals surface area contributed by atoms with Crippen molar-refractivity contribution in [3.8, 4) is 0 Å². The van der Waals surface area contributed by atoms with Crippen LogP contribution in [0.25, 0.3) is 0 Å². The van der Waals surface area contributed by atoms with Gasteiger partial charge in [-0.05, 0) is 31.0 Å². The van der Waals surface area contributed by atoms with Crippen molar-refractivity contribution in [2.75, 3.05) is 6.54 Å². The standard InChI is InChI=1S/C13H14ClFN2O2/c14-10-3-1-8(7-11(10)15)13(19)17-9-2-4-12(18)16-6-5-9/h1,3,7,9H,2,4-6H2,(H,16,18)(H,17,19). The summed E-state index contributed by atoms with van der Waals surface area (Å²) in [6, 6.07) is 3.85. The van der Waals surface area contributed by atoms with E-state index >= 15 is 0 Å². The van der Waals surface area contributed by atoms with Gasteiger partial charge >= 0.3 is 0 Å². The lowest BCUT2D eigenvalue weighted by Gasteiger charge is -2.15. The summed E-state index contributed by atoms with van der Waals surface area (Å²) in [6.45, 7) is 0.540. The second-order valence-corrected chi connectivity index (χ2v) is 4.88. The zero-order valence-electron chi connectivity index (χ0n) is 10.2. The maximum absolute atomic E-state index is 13.3. The monoisotopic (exact) mass is 284 g/mol. The molecule has 2 N–H and O–H groups in total. The van der Waals surface area contributed by atoms with Gasteiger partial charge in [-0.1, -0.05) is 11.6 Å². The van der Waals surface area contributed by atoms with Gasteiger partial charge in [-0.15, -0.1) is 0 Å². The first-order valence-corrected chi connectivity index (χ1v) is 6.46. The lowest BCUT2D eigenvalue weighted by molar-refractivity contribution is -0.120. The van der Waals surface area contributed by atoms with E-state index in [2.05, 4.69) is 10.6 Å². The van der Waals surface area contributed by atoms with E-state index in [9.17, 15) is 14.0 Å². The summed E-state index contributed by atoms with van der Waals surface area (Å²) >= 11 is 5.56. The van der Waals surface area contributed by atoms with E-state index in [1.807, 2.05) is 0 Å². The fourth-order valence-electron chi connectivity index (χ4n) is 1.97. The van der Waals surface area contributed by atoms with Gasteiger partial charge in [-0.3, -0.25) is 9.59 Å². The van der Waals surface area contributed by atoms with Crippen LogP contribution >= 0.6 is 11.6 Å². The van der Waals surface area contributed by atoms with Crippen LogP contribution in [0.1, 0.15) is 29.6 Å². The van der Waals surface area contributed by atoms with Crippen LogP contribution in [0.15, 0.2) is 18.2 Å². The Morgan fingerprint density at radius 3 is 2.95 bits per heavy atom. The Kier molecular flexibility index (Phi) is 4.37. The van der Waals surface area contributed by atoms with Gasteiger partial charge < -0.3 is 10.6 Å². The molecule has 1 saturated heterocycles. The van der Waals surface area contributed by atoms with Gasteiger partial charge in [-0.2, -0.15) is 0 Å². The van der Waals surface area contributed by atoms with Gasteiger partial charge in [0.05, 0.1) is 5.02 Å². The number of benzene rings is 1. The normalized spacial score (nSPS) is 19.5. The smallest absolute Gasteiger partial charge is 0.251 e. The van der Waals surface area contributed by atoms with Crippen LogP contribution < -0.4 is 10.6 Å². The molecule has 19 heavy (non-hydrogen) atoms. The quantitative estimate of drug-likeness (QED) is 0.871. The van der Waals surface area contributed by atoms with Crippen LogP contribution in [0.2, 0.25) is 5.02 Å². The zero-order chi connectivity index (χ0) is 13.8. The van der Waals surface area contributed by atoms with Crippen molar-refractivity contribution < 1.29 is 14.0 Å². The maximum Gasteiger partial charge on any atom is 0.251 e. The molecule has 1 unspecified atom stereocenters. The topological polar surface area (TPSA) is 58.2 Å². The molecule has 1 atom stereocenters. The molecule has 0 radical (unpaired) electrons. The molecule has 0 bridgehead atoms. The first kappa shape index (κ1) is 13.8. The Labute approximate surface area is 115 Å². The Bertz CT molecular complexity index is 507. The van der Waals surface area contributed by atoms with E-state index in [1.165, 1.54) is 12.1 Å². The SMILES string of the molecule is O=C1CCC(NC(=O)c2ccc(Cl)c(F)c2)CCN1. The number of carbonyl (C=O) groups is 2. The van der Waals surface area contributed by atoms with Crippen molar-refractivity contribution in [1.82, 2.24) is 10.6 Å². The third-order valence-corrected chi connectivity index (χ3v) is 3.36. The highest BCUT2D eigenvalue weighted by atomic mass is 35.5. The Balaban J connectivity index is 2.00. The molecule has 1 aromatic rings. The molecule has 2 rings (SSSR count). The predicted molar refractivity (Wildman–Crippen MR) is 69.5 cm³/mol. The summed E-state index contributed by atoms with van der Waals surface area (Å²) in [5.74, 6) is -0.976. The molecule has 0 aliphatic carbocycles. The van der Waals surface area contributed by atoms with Crippen LogP contribution in [-0.2, 0) is 4.79 Å². The number of rotatable bonds is 2. The first-order valence-electron chi connectivity index (χ1n) is 6.09. The second-order valence-electron chi connectivity index (χ2n) is 4.48. The number of hydrogen-bond donors (Lipinski definition) is 2. The average Bonchev–Trinajstić information content (AvgIpc) is 2.58. The maximum atomic E-state index is 13.3.